The molecule has 0 unspecified atom stereocenters. The monoisotopic (exact) mass is 280 g/mol. The van der Waals surface area contributed by atoms with Crippen molar-refractivity contribution in [3.63, 3.8) is 0 Å². The molecule has 0 radical (unpaired) electrons. The quantitative estimate of drug-likeness (QED) is 0.876. The van der Waals surface area contributed by atoms with Gasteiger partial charge < -0.3 is 10.1 Å². The van der Waals surface area contributed by atoms with Gasteiger partial charge >= 0.3 is 0 Å². The van der Waals surface area contributed by atoms with Crippen LogP contribution in [0.25, 0.3) is 0 Å². The zero-order chi connectivity index (χ0) is 15.1. The van der Waals surface area contributed by atoms with E-state index >= 15 is 0 Å². The highest BCUT2D eigenvalue weighted by Gasteiger charge is 2.07. The van der Waals surface area contributed by atoms with E-state index in [4.69, 9.17) is 10.00 Å². The maximum atomic E-state index is 8.62. The normalized spacial score (nSPS) is 11.7. The maximum absolute atomic E-state index is 8.62. The summed E-state index contributed by atoms with van der Waals surface area (Å²) in [5, 5.41) is 12.1. The molecule has 3 nitrogen and oxygen atoms in total. The Hall–Kier alpha value is -2.31. The maximum Gasteiger partial charge on any atom is 0.174 e. The molecule has 0 fully saturated rings. The first-order valence-corrected chi connectivity index (χ1v) is 7.08. The molecular weight excluding hydrogens is 260 g/mol. The standard InChI is InChI=1S/C18H20N2O/c1-14-7-9-16(10-8-14)15(2)20-13-17-5-3-4-6-18(17)21-12-11-19/h3-10,15,20H,12-13H2,1-2H3/t15-/m0/s1. The zero-order valence-corrected chi connectivity index (χ0v) is 12.5. The fourth-order valence-electron chi connectivity index (χ4n) is 2.14. The van der Waals surface area contributed by atoms with E-state index in [1.54, 1.807) is 0 Å². The van der Waals surface area contributed by atoms with Gasteiger partial charge in [0.05, 0.1) is 0 Å². The lowest BCUT2D eigenvalue weighted by Crippen LogP contribution is -2.18. The molecule has 2 rings (SSSR count). The number of rotatable bonds is 6. The zero-order valence-electron chi connectivity index (χ0n) is 12.5. The van der Waals surface area contributed by atoms with E-state index in [9.17, 15) is 0 Å². The lowest BCUT2D eigenvalue weighted by atomic mass is 10.1. The molecule has 0 aliphatic heterocycles. The summed E-state index contributed by atoms with van der Waals surface area (Å²) in [6.45, 7) is 5.01. The van der Waals surface area contributed by atoms with Gasteiger partial charge in [-0.3, -0.25) is 0 Å². The fraction of sp³-hybridized carbons (Fsp3) is 0.278. The minimum absolute atomic E-state index is 0.0739. The van der Waals surface area contributed by atoms with Gasteiger partial charge in [-0.1, -0.05) is 48.0 Å². The van der Waals surface area contributed by atoms with E-state index in [1.165, 1.54) is 11.1 Å². The topological polar surface area (TPSA) is 45.0 Å². The van der Waals surface area contributed by atoms with Crippen LogP contribution in [0, 0.1) is 18.3 Å². The molecule has 1 N–H and O–H groups in total. The Kier molecular flexibility index (Phi) is 5.36. The van der Waals surface area contributed by atoms with Crippen LogP contribution in [0.3, 0.4) is 0 Å². The van der Waals surface area contributed by atoms with Crippen molar-refractivity contribution in [2.24, 2.45) is 0 Å². The summed E-state index contributed by atoms with van der Waals surface area (Å²) < 4.78 is 5.44. The molecule has 0 heterocycles. The third-order valence-electron chi connectivity index (χ3n) is 3.44. The number of hydrogen-bond donors (Lipinski definition) is 1. The Balaban J connectivity index is 1.99. The molecule has 0 saturated heterocycles. The number of benzene rings is 2. The van der Waals surface area contributed by atoms with Gasteiger partial charge in [-0.05, 0) is 25.5 Å². The van der Waals surface area contributed by atoms with E-state index in [1.807, 2.05) is 30.3 Å². The molecule has 1 atom stereocenters. The van der Waals surface area contributed by atoms with Crippen LogP contribution in [0.2, 0.25) is 0 Å². The third kappa shape index (κ3) is 4.34. The number of nitriles is 1. The van der Waals surface area contributed by atoms with E-state index < -0.39 is 0 Å². The van der Waals surface area contributed by atoms with Crippen LogP contribution in [-0.4, -0.2) is 6.61 Å². The third-order valence-corrected chi connectivity index (χ3v) is 3.44. The van der Waals surface area contributed by atoms with Crippen molar-refractivity contribution in [3.05, 3.63) is 65.2 Å². The molecule has 108 valence electrons. The van der Waals surface area contributed by atoms with E-state index in [2.05, 4.69) is 43.4 Å². The smallest absolute Gasteiger partial charge is 0.174 e. The Bertz CT molecular complexity index is 614. The summed E-state index contributed by atoms with van der Waals surface area (Å²) >= 11 is 0. The van der Waals surface area contributed by atoms with Gasteiger partial charge in [-0.25, -0.2) is 0 Å². The average Bonchev–Trinajstić information content (AvgIpc) is 2.52. The van der Waals surface area contributed by atoms with Crippen LogP contribution in [0.1, 0.15) is 29.7 Å². The summed E-state index contributed by atoms with van der Waals surface area (Å²) in [5.41, 5.74) is 3.59. The van der Waals surface area contributed by atoms with Crippen molar-refractivity contribution in [1.82, 2.24) is 5.32 Å². The van der Waals surface area contributed by atoms with Gasteiger partial charge in [0, 0.05) is 18.2 Å². The predicted molar refractivity (Wildman–Crippen MR) is 84.0 cm³/mol. The second-order valence-corrected chi connectivity index (χ2v) is 5.07. The molecule has 0 aliphatic carbocycles. The van der Waals surface area contributed by atoms with Crippen molar-refractivity contribution in [2.75, 3.05) is 6.61 Å². The highest BCUT2D eigenvalue weighted by atomic mass is 16.5. The van der Waals surface area contributed by atoms with Crippen LogP contribution < -0.4 is 10.1 Å². The van der Waals surface area contributed by atoms with Crippen molar-refractivity contribution >= 4 is 0 Å². The summed E-state index contributed by atoms with van der Waals surface area (Å²) in [6.07, 6.45) is 0. The molecular formula is C18H20N2O. The van der Waals surface area contributed by atoms with Gasteiger partial charge in [0.2, 0.25) is 0 Å². The lowest BCUT2D eigenvalue weighted by Gasteiger charge is -2.16. The molecule has 3 heteroatoms. The van der Waals surface area contributed by atoms with Crippen LogP contribution in [0.15, 0.2) is 48.5 Å². The van der Waals surface area contributed by atoms with Crippen LogP contribution in [0.5, 0.6) is 5.75 Å². The highest BCUT2D eigenvalue weighted by molar-refractivity contribution is 5.33. The second kappa shape index (κ2) is 7.47. The molecule has 0 amide bonds. The molecule has 0 aliphatic rings. The van der Waals surface area contributed by atoms with Crippen molar-refractivity contribution in [2.45, 2.75) is 26.4 Å². The van der Waals surface area contributed by atoms with Gasteiger partial charge in [0.25, 0.3) is 0 Å². The lowest BCUT2D eigenvalue weighted by molar-refractivity contribution is 0.361. The fourth-order valence-corrected chi connectivity index (χ4v) is 2.14. The minimum atomic E-state index is 0.0739. The highest BCUT2D eigenvalue weighted by Crippen LogP contribution is 2.20. The minimum Gasteiger partial charge on any atom is -0.478 e. The predicted octanol–water partition coefficient (Wildman–Crippen LogP) is 3.75. The summed E-state index contributed by atoms with van der Waals surface area (Å²) in [6, 6.07) is 18.6. The van der Waals surface area contributed by atoms with Crippen molar-refractivity contribution < 1.29 is 4.74 Å². The number of para-hydroxylation sites is 1. The van der Waals surface area contributed by atoms with E-state index in [0.717, 1.165) is 11.3 Å². The van der Waals surface area contributed by atoms with Gasteiger partial charge in [-0.2, -0.15) is 5.26 Å². The van der Waals surface area contributed by atoms with Crippen molar-refractivity contribution in [3.8, 4) is 11.8 Å². The van der Waals surface area contributed by atoms with Crippen LogP contribution >= 0.6 is 0 Å². The number of aryl methyl sites for hydroxylation is 1. The molecule has 2 aromatic carbocycles. The molecule has 2 aromatic rings. The SMILES string of the molecule is Cc1ccc([C@H](C)NCc2ccccc2OCC#N)cc1. The van der Waals surface area contributed by atoms with Crippen LogP contribution in [-0.2, 0) is 6.54 Å². The molecule has 0 spiro atoms. The number of nitrogens with zero attached hydrogens (tertiary/aromatic N) is 1. The van der Waals surface area contributed by atoms with Crippen LogP contribution in [0.4, 0.5) is 0 Å². The first-order valence-electron chi connectivity index (χ1n) is 7.08. The molecule has 0 aromatic heterocycles. The molecule has 0 bridgehead atoms. The van der Waals surface area contributed by atoms with Crippen molar-refractivity contribution in [1.29, 1.82) is 5.26 Å². The molecule has 21 heavy (non-hydrogen) atoms. The summed E-state index contributed by atoms with van der Waals surface area (Å²) in [4.78, 5) is 0. The second-order valence-electron chi connectivity index (χ2n) is 5.07. The Morgan fingerprint density at radius 1 is 1.14 bits per heavy atom. The average molecular weight is 280 g/mol. The molecule has 0 saturated carbocycles. The van der Waals surface area contributed by atoms with Gasteiger partial charge in [0.15, 0.2) is 6.61 Å². The first-order chi connectivity index (χ1) is 10.2. The summed E-state index contributed by atoms with van der Waals surface area (Å²) in [5.74, 6) is 0.766. The van der Waals surface area contributed by atoms with Gasteiger partial charge in [0.1, 0.15) is 11.8 Å². The number of ether oxygens (including phenoxy) is 1. The van der Waals surface area contributed by atoms with E-state index in [-0.39, 0.29) is 12.6 Å². The Morgan fingerprint density at radius 3 is 2.57 bits per heavy atom. The number of nitrogens with one attached hydrogen (secondary N) is 1. The van der Waals surface area contributed by atoms with E-state index in [0.29, 0.717) is 6.54 Å². The van der Waals surface area contributed by atoms with Gasteiger partial charge in [-0.15, -0.1) is 0 Å². The summed E-state index contributed by atoms with van der Waals surface area (Å²) in [7, 11) is 0. The largest absolute Gasteiger partial charge is 0.478 e. The Morgan fingerprint density at radius 2 is 1.86 bits per heavy atom. The number of hydrogen-bond acceptors (Lipinski definition) is 3. The first kappa shape index (κ1) is 15.1. The Labute approximate surface area is 126 Å².